The number of rotatable bonds is 8. The van der Waals surface area contributed by atoms with Crippen LogP contribution in [-0.2, 0) is 21.2 Å². The van der Waals surface area contributed by atoms with Crippen LogP contribution in [0, 0.1) is 5.92 Å². The van der Waals surface area contributed by atoms with Gasteiger partial charge >= 0.3 is 6.03 Å². The first-order chi connectivity index (χ1) is 15.1. The SMILES string of the molecule is CC(C)CS(=O)(=O)NC(=O)N[C@@H](Cc1ccccc1)C(=O)N(C)c1ccc2c(c1)OCO2. The lowest BCUT2D eigenvalue weighted by Gasteiger charge is -2.25. The summed E-state index contributed by atoms with van der Waals surface area (Å²) in [6.07, 6.45) is 0.187. The Hall–Kier alpha value is -3.27. The van der Waals surface area contributed by atoms with E-state index in [1.165, 1.54) is 4.90 Å². The van der Waals surface area contributed by atoms with Crippen LogP contribution < -0.4 is 24.4 Å². The zero-order valence-corrected chi connectivity index (χ0v) is 19.0. The maximum atomic E-state index is 13.3. The Balaban J connectivity index is 1.78. The van der Waals surface area contributed by atoms with E-state index in [0.717, 1.165) is 5.56 Å². The van der Waals surface area contributed by atoms with Gasteiger partial charge in [0.15, 0.2) is 11.5 Å². The number of anilines is 1. The molecule has 0 radical (unpaired) electrons. The van der Waals surface area contributed by atoms with Crippen molar-refractivity contribution in [2.24, 2.45) is 5.92 Å². The molecule has 9 nitrogen and oxygen atoms in total. The summed E-state index contributed by atoms with van der Waals surface area (Å²) in [6.45, 7) is 3.58. The lowest BCUT2D eigenvalue weighted by atomic mass is 10.0. The van der Waals surface area contributed by atoms with E-state index in [4.69, 9.17) is 9.47 Å². The van der Waals surface area contributed by atoms with Gasteiger partial charge in [0, 0.05) is 25.2 Å². The first kappa shape index (κ1) is 23.4. The van der Waals surface area contributed by atoms with Crippen LogP contribution in [0.4, 0.5) is 10.5 Å². The fourth-order valence-electron chi connectivity index (χ4n) is 3.31. The number of carbonyl (C=O) groups is 2. The van der Waals surface area contributed by atoms with E-state index in [2.05, 4.69) is 5.32 Å². The van der Waals surface area contributed by atoms with Crippen LogP contribution in [-0.4, -0.2) is 46.0 Å². The van der Waals surface area contributed by atoms with Gasteiger partial charge in [-0.15, -0.1) is 0 Å². The molecule has 1 atom stereocenters. The minimum atomic E-state index is -3.82. The van der Waals surface area contributed by atoms with Gasteiger partial charge in [-0.2, -0.15) is 0 Å². The molecule has 3 rings (SSSR count). The minimum Gasteiger partial charge on any atom is -0.454 e. The summed E-state index contributed by atoms with van der Waals surface area (Å²) in [5, 5.41) is 2.52. The molecule has 0 aliphatic carbocycles. The van der Waals surface area contributed by atoms with Gasteiger partial charge in [-0.3, -0.25) is 4.79 Å². The van der Waals surface area contributed by atoms with Gasteiger partial charge < -0.3 is 19.7 Å². The number of hydrogen-bond donors (Lipinski definition) is 2. The van der Waals surface area contributed by atoms with Gasteiger partial charge in [0.05, 0.1) is 5.75 Å². The average Bonchev–Trinajstić information content (AvgIpc) is 3.19. The van der Waals surface area contributed by atoms with Crippen LogP contribution in [0.15, 0.2) is 48.5 Å². The summed E-state index contributed by atoms with van der Waals surface area (Å²) >= 11 is 0. The van der Waals surface area contributed by atoms with Crippen molar-refractivity contribution in [2.75, 3.05) is 24.5 Å². The Kier molecular flexibility index (Phi) is 7.24. The lowest BCUT2D eigenvalue weighted by Crippen LogP contribution is -2.53. The molecular weight excluding hydrogens is 434 g/mol. The van der Waals surface area contributed by atoms with Crippen LogP contribution in [0.25, 0.3) is 0 Å². The van der Waals surface area contributed by atoms with Crippen LogP contribution in [0.3, 0.4) is 0 Å². The number of hydrogen-bond acceptors (Lipinski definition) is 6. The molecule has 0 aromatic heterocycles. The molecule has 2 aromatic carbocycles. The second kappa shape index (κ2) is 9.90. The van der Waals surface area contributed by atoms with E-state index in [9.17, 15) is 18.0 Å². The predicted octanol–water partition coefficient (Wildman–Crippen LogP) is 2.27. The number of nitrogens with one attached hydrogen (secondary N) is 2. The number of sulfonamides is 1. The third-order valence-corrected chi connectivity index (χ3v) is 6.36. The highest BCUT2D eigenvalue weighted by Crippen LogP contribution is 2.35. The summed E-state index contributed by atoms with van der Waals surface area (Å²) in [5.41, 5.74) is 1.36. The molecule has 1 aliphatic rings. The zero-order valence-electron chi connectivity index (χ0n) is 18.2. The fraction of sp³-hybridized carbons (Fsp3) is 0.364. The molecule has 1 heterocycles. The molecule has 172 valence electrons. The molecule has 2 aromatic rings. The third-order valence-electron chi connectivity index (χ3n) is 4.76. The van der Waals surface area contributed by atoms with E-state index in [0.29, 0.717) is 17.2 Å². The van der Waals surface area contributed by atoms with Gasteiger partial charge in [-0.1, -0.05) is 44.2 Å². The number of urea groups is 1. The highest BCUT2D eigenvalue weighted by molar-refractivity contribution is 7.90. The minimum absolute atomic E-state index is 0.111. The van der Waals surface area contributed by atoms with E-state index < -0.39 is 28.0 Å². The maximum Gasteiger partial charge on any atom is 0.329 e. The predicted molar refractivity (Wildman–Crippen MR) is 120 cm³/mol. The first-order valence-electron chi connectivity index (χ1n) is 10.2. The molecule has 32 heavy (non-hydrogen) atoms. The van der Waals surface area contributed by atoms with E-state index in [1.807, 2.05) is 35.1 Å². The third kappa shape index (κ3) is 6.13. The van der Waals surface area contributed by atoms with Crippen LogP contribution in [0.1, 0.15) is 19.4 Å². The highest BCUT2D eigenvalue weighted by Gasteiger charge is 2.28. The number of likely N-dealkylation sites (N-methyl/N-ethyl adjacent to an activating group) is 1. The van der Waals surface area contributed by atoms with Crippen molar-refractivity contribution in [3.63, 3.8) is 0 Å². The maximum absolute atomic E-state index is 13.3. The Morgan fingerprint density at radius 1 is 1.06 bits per heavy atom. The molecule has 0 bridgehead atoms. The van der Waals surface area contributed by atoms with Crippen molar-refractivity contribution in [3.8, 4) is 11.5 Å². The average molecular weight is 462 g/mol. The molecule has 1 aliphatic heterocycles. The van der Waals surface area contributed by atoms with Crippen LogP contribution in [0.2, 0.25) is 0 Å². The van der Waals surface area contributed by atoms with Crippen molar-refractivity contribution in [2.45, 2.75) is 26.3 Å². The molecule has 3 amide bonds. The molecule has 2 N–H and O–H groups in total. The summed E-state index contributed by atoms with van der Waals surface area (Å²) in [6, 6.07) is 12.3. The van der Waals surface area contributed by atoms with E-state index >= 15 is 0 Å². The molecular formula is C22H27N3O6S. The monoisotopic (exact) mass is 461 g/mol. The van der Waals surface area contributed by atoms with E-state index in [1.54, 1.807) is 39.1 Å². The molecule has 0 fully saturated rings. The van der Waals surface area contributed by atoms with Gasteiger partial charge in [0.25, 0.3) is 0 Å². The Morgan fingerprint density at radius 3 is 2.44 bits per heavy atom. The highest BCUT2D eigenvalue weighted by atomic mass is 32.2. The summed E-state index contributed by atoms with van der Waals surface area (Å²) < 4.78 is 36.9. The number of amides is 3. The Labute approximate surface area is 187 Å². The van der Waals surface area contributed by atoms with Gasteiger partial charge in [-0.25, -0.2) is 17.9 Å². The Morgan fingerprint density at radius 2 is 1.75 bits per heavy atom. The van der Waals surface area contributed by atoms with Crippen molar-refractivity contribution in [3.05, 3.63) is 54.1 Å². The smallest absolute Gasteiger partial charge is 0.329 e. The van der Waals surface area contributed by atoms with Crippen molar-refractivity contribution in [1.82, 2.24) is 10.0 Å². The Bertz CT molecular complexity index is 1070. The molecule has 0 spiro atoms. The van der Waals surface area contributed by atoms with Crippen molar-refractivity contribution in [1.29, 1.82) is 0 Å². The van der Waals surface area contributed by atoms with Gasteiger partial charge in [0.1, 0.15) is 6.04 Å². The zero-order chi connectivity index (χ0) is 23.3. The second-order valence-electron chi connectivity index (χ2n) is 7.93. The van der Waals surface area contributed by atoms with Gasteiger partial charge in [0.2, 0.25) is 22.7 Å². The number of carbonyl (C=O) groups excluding carboxylic acids is 2. The van der Waals surface area contributed by atoms with E-state index in [-0.39, 0.29) is 24.9 Å². The number of ether oxygens (including phenoxy) is 2. The summed E-state index contributed by atoms with van der Waals surface area (Å²) in [7, 11) is -2.24. The molecule has 0 saturated heterocycles. The quantitative estimate of drug-likeness (QED) is 0.623. The normalized spacial score (nSPS) is 13.5. The topological polar surface area (TPSA) is 114 Å². The standard InChI is InChI=1S/C22H27N3O6S/c1-15(2)13-32(28,29)24-22(27)23-18(11-16-7-5-4-6-8-16)21(26)25(3)17-9-10-19-20(12-17)31-14-30-19/h4-10,12,15,18H,11,13-14H2,1-3H3,(H2,23,24,27)/t18-/m0/s1. The second-order valence-corrected chi connectivity index (χ2v) is 9.69. The van der Waals surface area contributed by atoms with Crippen molar-refractivity contribution >= 4 is 27.6 Å². The van der Waals surface area contributed by atoms with Crippen LogP contribution >= 0.6 is 0 Å². The number of nitrogens with zero attached hydrogens (tertiary/aromatic N) is 1. The summed E-state index contributed by atoms with van der Waals surface area (Å²) in [4.78, 5) is 27.1. The number of fused-ring (bicyclic) bond motifs is 1. The first-order valence-corrected chi connectivity index (χ1v) is 11.8. The van der Waals surface area contributed by atoms with Gasteiger partial charge in [-0.05, 0) is 23.6 Å². The van der Waals surface area contributed by atoms with Crippen molar-refractivity contribution < 1.29 is 27.5 Å². The molecule has 0 unspecified atom stereocenters. The lowest BCUT2D eigenvalue weighted by molar-refractivity contribution is -0.120. The molecule has 0 saturated carbocycles. The largest absolute Gasteiger partial charge is 0.454 e. The molecule has 10 heteroatoms. The fourth-order valence-corrected chi connectivity index (χ4v) is 4.62. The van der Waals surface area contributed by atoms with Crippen LogP contribution in [0.5, 0.6) is 11.5 Å². The summed E-state index contributed by atoms with van der Waals surface area (Å²) in [5.74, 6) is 0.341. The number of benzene rings is 2.